The molecule has 8 nitrogen and oxygen atoms in total. The summed E-state index contributed by atoms with van der Waals surface area (Å²) in [6.07, 6.45) is 4.16. The lowest BCUT2D eigenvalue weighted by Gasteiger charge is -2.23. The van der Waals surface area contributed by atoms with E-state index < -0.39 is 0 Å². The quantitative estimate of drug-likeness (QED) is 0.816. The maximum atomic E-state index is 9.18. The van der Waals surface area contributed by atoms with Crippen LogP contribution in [0.2, 0.25) is 0 Å². The molecule has 3 heterocycles. The number of nitrogens with zero attached hydrogens (tertiary/aromatic N) is 7. The summed E-state index contributed by atoms with van der Waals surface area (Å²) >= 11 is 0. The molecule has 2 aromatic heterocycles. The third-order valence-electron chi connectivity index (χ3n) is 4.24. The van der Waals surface area contributed by atoms with Crippen LogP contribution < -0.4 is 4.90 Å². The average Bonchev–Trinajstić information content (AvgIpc) is 3.24. The molecule has 24 heavy (non-hydrogen) atoms. The van der Waals surface area contributed by atoms with Crippen LogP contribution in [0.25, 0.3) is 0 Å². The molecule has 0 amide bonds. The molecule has 0 spiro atoms. The molecule has 0 unspecified atom stereocenters. The van der Waals surface area contributed by atoms with Crippen LogP contribution in [0.3, 0.4) is 0 Å². The molecule has 8 heteroatoms. The summed E-state index contributed by atoms with van der Waals surface area (Å²) in [5.74, 6) is 2.28. The Morgan fingerprint density at radius 3 is 2.92 bits per heavy atom. The van der Waals surface area contributed by atoms with Gasteiger partial charge in [0.1, 0.15) is 6.07 Å². The number of hydrogen-bond acceptors (Lipinski definition) is 8. The van der Waals surface area contributed by atoms with Gasteiger partial charge < -0.3 is 9.42 Å². The molecule has 3 rings (SSSR count). The van der Waals surface area contributed by atoms with E-state index in [9.17, 15) is 5.26 Å². The predicted molar refractivity (Wildman–Crippen MR) is 87.2 cm³/mol. The van der Waals surface area contributed by atoms with Crippen LogP contribution in [0.1, 0.15) is 43.6 Å². The minimum atomic E-state index is 0.236. The summed E-state index contributed by atoms with van der Waals surface area (Å²) in [6.45, 7) is 6.36. The second-order valence-electron chi connectivity index (χ2n) is 6.35. The van der Waals surface area contributed by atoms with E-state index in [-0.39, 0.29) is 5.92 Å². The minimum absolute atomic E-state index is 0.236. The topological polar surface area (TPSA) is 95.0 Å². The van der Waals surface area contributed by atoms with Gasteiger partial charge in [0.05, 0.1) is 6.54 Å². The largest absolute Gasteiger partial charge is 0.353 e. The fourth-order valence-corrected chi connectivity index (χ4v) is 2.85. The molecule has 1 aliphatic heterocycles. The van der Waals surface area contributed by atoms with Crippen molar-refractivity contribution in [2.45, 2.75) is 38.8 Å². The van der Waals surface area contributed by atoms with Crippen LogP contribution in [-0.2, 0) is 6.54 Å². The van der Waals surface area contributed by atoms with Crippen LogP contribution in [0, 0.1) is 11.3 Å². The van der Waals surface area contributed by atoms with Crippen molar-refractivity contribution in [3.05, 3.63) is 29.8 Å². The van der Waals surface area contributed by atoms with Gasteiger partial charge in [0.15, 0.2) is 17.3 Å². The van der Waals surface area contributed by atoms with Crippen molar-refractivity contribution in [3.8, 4) is 6.07 Å². The highest BCUT2D eigenvalue weighted by Gasteiger charge is 2.29. The van der Waals surface area contributed by atoms with E-state index in [1.165, 1.54) is 0 Å². The fraction of sp³-hybridized carbons (Fsp3) is 0.562. The Kier molecular flexibility index (Phi) is 4.71. The van der Waals surface area contributed by atoms with Gasteiger partial charge >= 0.3 is 0 Å². The SMILES string of the molecule is CC(C)c1nc(CN(C)[C@H]2CCN(c3nccnc3C#N)C2)no1. The van der Waals surface area contributed by atoms with Gasteiger partial charge in [0, 0.05) is 37.4 Å². The molecule has 1 aliphatic rings. The van der Waals surface area contributed by atoms with E-state index in [4.69, 9.17) is 4.52 Å². The van der Waals surface area contributed by atoms with E-state index in [1.807, 2.05) is 13.8 Å². The van der Waals surface area contributed by atoms with Gasteiger partial charge in [0.2, 0.25) is 5.89 Å². The van der Waals surface area contributed by atoms with Crippen LogP contribution in [0.4, 0.5) is 5.82 Å². The van der Waals surface area contributed by atoms with Gasteiger partial charge in [-0.1, -0.05) is 19.0 Å². The Bertz CT molecular complexity index is 736. The first-order valence-electron chi connectivity index (χ1n) is 8.07. The Morgan fingerprint density at radius 1 is 1.42 bits per heavy atom. The summed E-state index contributed by atoms with van der Waals surface area (Å²) in [5, 5.41) is 13.2. The van der Waals surface area contributed by atoms with Gasteiger partial charge in [-0.05, 0) is 13.5 Å². The van der Waals surface area contributed by atoms with Gasteiger partial charge in [-0.3, -0.25) is 4.90 Å². The molecule has 0 aliphatic carbocycles. The van der Waals surface area contributed by atoms with E-state index in [1.54, 1.807) is 12.4 Å². The van der Waals surface area contributed by atoms with Crippen molar-refractivity contribution in [2.75, 3.05) is 25.0 Å². The van der Waals surface area contributed by atoms with Gasteiger partial charge in [-0.2, -0.15) is 10.2 Å². The number of nitriles is 1. The zero-order chi connectivity index (χ0) is 17.1. The third kappa shape index (κ3) is 3.36. The maximum absolute atomic E-state index is 9.18. The molecule has 0 aromatic carbocycles. The van der Waals surface area contributed by atoms with Gasteiger partial charge in [0.25, 0.3) is 0 Å². The number of likely N-dealkylation sites (N-methyl/N-ethyl adjacent to an activating group) is 1. The summed E-state index contributed by atoms with van der Waals surface area (Å²) < 4.78 is 5.26. The van der Waals surface area contributed by atoms with E-state index in [0.29, 0.717) is 35.8 Å². The predicted octanol–water partition coefficient (Wildman–Crippen LogP) is 1.57. The third-order valence-corrected chi connectivity index (χ3v) is 4.24. The van der Waals surface area contributed by atoms with Crippen molar-refractivity contribution >= 4 is 5.82 Å². The van der Waals surface area contributed by atoms with E-state index in [2.05, 4.69) is 43.0 Å². The second kappa shape index (κ2) is 6.93. The molecule has 1 atom stereocenters. The summed E-state index contributed by atoms with van der Waals surface area (Å²) in [4.78, 5) is 17.2. The van der Waals surface area contributed by atoms with Crippen LogP contribution >= 0.6 is 0 Å². The zero-order valence-electron chi connectivity index (χ0n) is 14.2. The summed E-state index contributed by atoms with van der Waals surface area (Å²) in [6, 6.07) is 2.46. The Morgan fingerprint density at radius 2 is 2.21 bits per heavy atom. The number of anilines is 1. The molecule has 1 fully saturated rings. The van der Waals surface area contributed by atoms with E-state index in [0.717, 1.165) is 19.5 Å². The lowest BCUT2D eigenvalue weighted by molar-refractivity contribution is 0.240. The first kappa shape index (κ1) is 16.3. The minimum Gasteiger partial charge on any atom is -0.353 e. The van der Waals surface area contributed by atoms with Gasteiger partial charge in [-0.15, -0.1) is 0 Å². The Hall–Kier alpha value is -2.53. The lowest BCUT2D eigenvalue weighted by Crippen LogP contribution is -2.34. The molecule has 0 radical (unpaired) electrons. The highest BCUT2D eigenvalue weighted by molar-refractivity contribution is 5.50. The molecule has 0 saturated carbocycles. The van der Waals surface area contributed by atoms with Crippen molar-refractivity contribution in [1.82, 2.24) is 25.0 Å². The second-order valence-corrected chi connectivity index (χ2v) is 6.35. The van der Waals surface area contributed by atoms with Crippen LogP contribution in [-0.4, -0.2) is 51.2 Å². The maximum Gasteiger partial charge on any atom is 0.229 e. The van der Waals surface area contributed by atoms with Crippen molar-refractivity contribution in [3.63, 3.8) is 0 Å². The average molecular weight is 327 g/mol. The molecule has 126 valence electrons. The van der Waals surface area contributed by atoms with Crippen LogP contribution in [0.5, 0.6) is 0 Å². The zero-order valence-corrected chi connectivity index (χ0v) is 14.2. The molecule has 1 saturated heterocycles. The first-order chi connectivity index (χ1) is 11.6. The molecule has 0 N–H and O–H groups in total. The van der Waals surface area contributed by atoms with Crippen molar-refractivity contribution in [1.29, 1.82) is 5.26 Å². The smallest absolute Gasteiger partial charge is 0.229 e. The first-order valence-corrected chi connectivity index (χ1v) is 8.07. The monoisotopic (exact) mass is 327 g/mol. The lowest BCUT2D eigenvalue weighted by atomic mass is 10.2. The standard InChI is InChI=1S/C16H21N7O/c1-11(2)16-20-14(21-24-16)10-22(3)12-4-7-23(9-12)15-13(8-17)18-5-6-19-15/h5-6,11-12H,4,7,9-10H2,1-3H3/t12-/m0/s1. The summed E-state index contributed by atoms with van der Waals surface area (Å²) in [5.41, 5.74) is 0.376. The molecule has 2 aromatic rings. The van der Waals surface area contributed by atoms with Crippen molar-refractivity contribution in [2.24, 2.45) is 0 Å². The van der Waals surface area contributed by atoms with Crippen molar-refractivity contribution < 1.29 is 4.52 Å². The van der Waals surface area contributed by atoms with E-state index >= 15 is 0 Å². The molecule has 0 bridgehead atoms. The highest BCUT2D eigenvalue weighted by atomic mass is 16.5. The number of hydrogen-bond donors (Lipinski definition) is 0. The normalized spacial score (nSPS) is 17.7. The number of aromatic nitrogens is 4. The Balaban J connectivity index is 1.63. The summed E-state index contributed by atoms with van der Waals surface area (Å²) in [7, 11) is 2.06. The highest BCUT2D eigenvalue weighted by Crippen LogP contribution is 2.23. The van der Waals surface area contributed by atoms with Gasteiger partial charge in [-0.25, -0.2) is 9.97 Å². The fourth-order valence-electron chi connectivity index (χ4n) is 2.85. The van der Waals surface area contributed by atoms with Crippen LogP contribution in [0.15, 0.2) is 16.9 Å². The molecular weight excluding hydrogens is 306 g/mol. The number of rotatable bonds is 5. The Labute approximate surface area is 141 Å². The molecular formula is C16H21N7O.